The number of benzene rings is 1. The van der Waals surface area contributed by atoms with Crippen LogP contribution in [0.5, 0.6) is 5.75 Å². The molecule has 2 saturated heterocycles. The number of carbonyl (C=O) groups excluding carboxylic acids is 1. The average Bonchev–Trinajstić information content (AvgIpc) is 3.01. The molecule has 142 valence electrons. The topological polar surface area (TPSA) is 66.9 Å². The van der Waals surface area contributed by atoms with Gasteiger partial charge >= 0.3 is 0 Å². The molecule has 6 nitrogen and oxygen atoms in total. The first-order valence-electron chi connectivity index (χ1n) is 9.12. The fourth-order valence-electron chi connectivity index (χ4n) is 3.54. The quantitative estimate of drug-likeness (QED) is 0.725. The second-order valence-corrected chi connectivity index (χ2v) is 8.95. The minimum Gasteiger partial charge on any atom is -0.493 e. The van der Waals surface area contributed by atoms with Crippen molar-refractivity contribution in [2.75, 3.05) is 44.3 Å². The standard InChI is InChI=1S/C19H26N2O4S/c1-2-25-18-6-4-3-5-16(18)7-8-19(22)21-12-10-20(11-13-21)17-9-14-26(23,24)15-17/h3-8,17H,2,9-15H2,1H3/b8-7+/t17-/m0/s1. The molecule has 1 amide bonds. The lowest BCUT2D eigenvalue weighted by Crippen LogP contribution is -2.52. The first-order chi connectivity index (χ1) is 12.5. The Labute approximate surface area is 155 Å². The molecule has 1 aromatic carbocycles. The lowest BCUT2D eigenvalue weighted by Gasteiger charge is -2.37. The number of hydrogen-bond donors (Lipinski definition) is 0. The van der Waals surface area contributed by atoms with Crippen molar-refractivity contribution >= 4 is 21.8 Å². The van der Waals surface area contributed by atoms with Crippen molar-refractivity contribution in [3.63, 3.8) is 0 Å². The Kier molecular flexibility index (Phi) is 5.98. The largest absolute Gasteiger partial charge is 0.493 e. The van der Waals surface area contributed by atoms with Gasteiger partial charge in [0.05, 0.1) is 18.1 Å². The normalized spacial score (nSPS) is 23.4. The Morgan fingerprint density at radius 3 is 2.62 bits per heavy atom. The summed E-state index contributed by atoms with van der Waals surface area (Å²) in [5, 5.41) is 0. The van der Waals surface area contributed by atoms with Crippen molar-refractivity contribution in [3.8, 4) is 5.75 Å². The highest BCUT2D eigenvalue weighted by molar-refractivity contribution is 7.91. The predicted molar refractivity (Wildman–Crippen MR) is 102 cm³/mol. The van der Waals surface area contributed by atoms with Gasteiger partial charge in [0.2, 0.25) is 5.91 Å². The summed E-state index contributed by atoms with van der Waals surface area (Å²) in [6.45, 7) is 5.24. The van der Waals surface area contributed by atoms with Crippen molar-refractivity contribution < 1.29 is 17.9 Å². The van der Waals surface area contributed by atoms with E-state index >= 15 is 0 Å². The van der Waals surface area contributed by atoms with Crippen molar-refractivity contribution in [2.45, 2.75) is 19.4 Å². The Morgan fingerprint density at radius 2 is 1.96 bits per heavy atom. The van der Waals surface area contributed by atoms with Gasteiger partial charge in [0.1, 0.15) is 5.75 Å². The maximum Gasteiger partial charge on any atom is 0.246 e. The molecule has 0 spiro atoms. The molecule has 26 heavy (non-hydrogen) atoms. The molecule has 0 aromatic heterocycles. The minimum atomic E-state index is -2.87. The summed E-state index contributed by atoms with van der Waals surface area (Å²) < 4.78 is 28.8. The minimum absolute atomic E-state index is 0.0185. The van der Waals surface area contributed by atoms with Gasteiger partial charge in [-0.25, -0.2) is 8.42 Å². The Hall–Kier alpha value is -1.86. The molecule has 1 aromatic rings. The number of para-hydroxylation sites is 1. The molecule has 0 N–H and O–H groups in total. The number of sulfone groups is 1. The molecular weight excluding hydrogens is 352 g/mol. The van der Waals surface area contributed by atoms with E-state index in [1.807, 2.05) is 36.1 Å². The summed E-state index contributed by atoms with van der Waals surface area (Å²) in [6.07, 6.45) is 4.10. The summed E-state index contributed by atoms with van der Waals surface area (Å²) >= 11 is 0. The molecular formula is C19H26N2O4S. The van der Waals surface area contributed by atoms with E-state index in [1.165, 1.54) is 0 Å². The third kappa shape index (κ3) is 4.65. The number of nitrogens with zero attached hydrogens (tertiary/aromatic N) is 2. The number of rotatable bonds is 5. The first-order valence-corrected chi connectivity index (χ1v) is 10.9. The van der Waals surface area contributed by atoms with Gasteiger partial charge in [-0.05, 0) is 25.5 Å². The molecule has 3 rings (SSSR count). The highest BCUT2D eigenvalue weighted by Gasteiger charge is 2.34. The van der Waals surface area contributed by atoms with E-state index in [0.29, 0.717) is 31.9 Å². The second kappa shape index (κ2) is 8.22. The van der Waals surface area contributed by atoms with Crippen LogP contribution in [0.4, 0.5) is 0 Å². The van der Waals surface area contributed by atoms with E-state index in [-0.39, 0.29) is 17.7 Å². The summed E-state index contributed by atoms with van der Waals surface area (Å²) in [4.78, 5) is 16.5. The molecule has 7 heteroatoms. The van der Waals surface area contributed by atoms with Crippen LogP contribution in [0, 0.1) is 0 Å². The number of amides is 1. The van der Waals surface area contributed by atoms with Crippen LogP contribution in [0.1, 0.15) is 18.9 Å². The number of ether oxygens (including phenoxy) is 1. The smallest absolute Gasteiger partial charge is 0.246 e. The third-order valence-electron chi connectivity index (χ3n) is 4.98. The van der Waals surface area contributed by atoms with Crippen LogP contribution in [0.15, 0.2) is 30.3 Å². The first kappa shape index (κ1) is 18.9. The maximum absolute atomic E-state index is 12.5. The molecule has 2 aliphatic heterocycles. The van der Waals surface area contributed by atoms with E-state index in [0.717, 1.165) is 24.4 Å². The van der Waals surface area contributed by atoms with E-state index in [1.54, 1.807) is 12.2 Å². The lowest BCUT2D eigenvalue weighted by atomic mass is 10.1. The van der Waals surface area contributed by atoms with Crippen LogP contribution < -0.4 is 4.74 Å². The highest BCUT2D eigenvalue weighted by Crippen LogP contribution is 2.21. The van der Waals surface area contributed by atoms with Crippen molar-refractivity contribution in [1.82, 2.24) is 9.80 Å². The van der Waals surface area contributed by atoms with E-state index in [4.69, 9.17) is 4.74 Å². The summed E-state index contributed by atoms with van der Waals surface area (Å²) in [7, 11) is -2.87. The predicted octanol–water partition coefficient (Wildman–Crippen LogP) is 1.43. The Bertz CT molecular complexity index is 767. The molecule has 0 aliphatic carbocycles. The highest BCUT2D eigenvalue weighted by atomic mass is 32.2. The van der Waals surface area contributed by atoms with Crippen molar-refractivity contribution in [2.24, 2.45) is 0 Å². The molecule has 0 unspecified atom stereocenters. The SMILES string of the molecule is CCOc1ccccc1/C=C/C(=O)N1CCN([C@H]2CCS(=O)(=O)C2)CC1. The number of hydrogen-bond acceptors (Lipinski definition) is 5. The zero-order chi connectivity index (χ0) is 18.6. The number of piperazine rings is 1. The molecule has 0 bridgehead atoms. The Morgan fingerprint density at radius 1 is 1.23 bits per heavy atom. The summed E-state index contributed by atoms with van der Waals surface area (Å²) in [5.74, 6) is 1.30. The lowest BCUT2D eigenvalue weighted by molar-refractivity contribution is -0.127. The van der Waals surface area contributed by atoms with Gasteiger partial charge in [0.25, 0.3) is 0 Å². The fraction of sp³-hybridized carbons (Fsp3) is 0.526. The molecule has 0 saturated carbocycles. The molecule has 0 radical (unpaired) electrons. The fourth-order valence-corrected chi connectivity index (χ4v) is 5.30. The van der Waals surface area contributed by atoms with Gasteiger partial charge < -0.3 is 9.64 Å². The van der Waals surface area contributed by atoms with Crippen LogP contribution in [-0.4, -0.2) is 74.5 Å². The zero-order valence-electron chi connectivity index (χ0n) is 15.1. The zero-order valence-corrected chi connectivity index (χ0v) is 16.0. The second-order valence-electron chi connectivity index (χ2n) is 6.72. The van der Waals surface area contributed by atoms with Crippen LogP contribution >= 0.6 is 0 Å². The third-order valence-corrected chi connectivity index (χ3v) is 6.73. The van der Waals surface area contributed by atoms with Crippen LogP contribution in [-0.2, 0) is 14.6 Å². The van der Waals surface area contributed by atoms with Gasteiger partial charge in [-0.15, -0.1) is 0 Å². The van der Waals surface area contributed by atoms with Gasteiger partial charge in [-0.1, -0.05) is 18.2 Å². The van der Waals surface area contributed by atoms with Crippen LogP contribution in [0.25, 0.3) is 6.08 Å². The monoisotopic (exact) mass is 378 g/mol. The van der Waals surface area contributed by atoms with Crippen LogP contribution in [0.3, 0.4) is 0 Å². The van der Waals surface area contributed by atoms with E-state index in [9.17, 15) is 13.2 Å². The Balaban J connectivity index is 1.54. The van der Waals surface area contributed by atoms with E-state index in [2.05, 4.69) is 4.90 Å². The molecule has 2 heterocycles. The summed E-state index contributed by atoms with van der Waals surface area (Å²) in [6, 6.07) is 7.76. The maximum atomic E-state index is 12.5. The van der Waals surface area contributed by atoms with Gasteiger partial charge in [0, 0.05) is 43.9 Å². The van der Waals surface area contributed by atoms with Gasteiger partial charge in [-0.3, -0.25) is 9.69 Å². The van der Waals surface area contributed by atoms with Crippen LogP contribution in [0.2, 0.25) is 0 Å². The average molecular weight is 378 g/mol. The van der Waals surface area contributed by atoms with Crippen molar-refractivity contribution in [3.05, 3.63) is 35.9 Å². The molecule has 1 atom stereocenters. The van der Waals surface area contributed by atoms with E-state index < -0.39 is 9.84 Å². The molecule has 2 fully saturated rings. The number of carbonyl (C=O) groups is 1. The van der Waals surface area contributed by atoms with Gasteiger partial charge in [-0.2, -0.15) is 0 Å². The van der Waals surface area contributed by atoms with Crippen molar-refractivity contribution in [1.29, 1.82) is 0 Å². The molecule has 2 aliphatic rings. The van der Waals surface area contributed by atoms with Gasteiger partial charge in [0.15, 0.2) is 9.84 Å². The summed E-state index contributed by atoms with van der Waals surface area (Å²) in [5.41, 5.74) is 0.887.